The maximum atomic E-state index is 12.8. The molecule has 1 aromatic rings. The molecule has 0 aromatic carbocycles. The van der Waals surface area contributed by atoms with Crippen LogP contribution in [0.3, 0.4) is 0 Å². The number of pyridine rings is 1. The summed E-state index contributed by atoms with van der Waals surface area (Å²) in [6.07, 6.45) is 1.77. The van der Waals surface area contributed by atoms with Crippen LogP contribution in [0.2, 0.25) is 0 Å². The molecule has 2 aliphatic heterocycles. The molecule has 1 amide bonds. The van der Waals surface area contributed by atoms with Crippen LogP contribution < -0.4 is 5.56 Å². The number of rotatable bonds is 2. The summed E-state index contributed by atoms with van der Waals surface area (Å²) in [6.45, 7) is 5.42. The van der Waals surface area contributed by atoms with Gasteiger partial charge in [-0.25, -0.2) is 0 Å². The molecule has 2 saturated heterocycles. The van der Waals surface area contributed by atoms with E-state index in [1.54, 1.807) is 11.8 Å². The Bertz CT molecular complexity index is 663. The molecule has 1 spiro atoms. The molecular weight excluding hydrogens is 312 g/mol. The number of hydrogen-bond donors (Lipinski definition) is 1. The Morgan fingerprint density at radius 3 is 2.71 bits per heavy atom. The molecule has 0 atom stereocenters. The molecule has 2 fully saturated rings. The minimum absolute atomic E-state index is 0.0163. The average Bonchev–Trinajstić information content (AvgIpc) is 2.74. The zero-order valence-corrected chi connectivity index (χ0v) is 14.0. The Morgan fingerprint density at radius 1 is 1.25 bits per heavy atom. The van der Waals surface area contributed by atoms with Crippen molar-refractivity contribution in [3.8, 4) is 5.75 Å². The van der Waals surface area contributed by atoms with Crippen LogP contribution in [-0.2, 0) is 20.8 Å². The Kier molecular flexibility index (Phi) is 4.91. The largest absolute Gasteiger partial charge is 0.508 e. The first-order valence-corrected chi connectivity index (χ1v) is 8.33. The van der Waals surface area contributed by atoms with Gasteiger partial charge in [0, 0.05) is 43.5 Å². The number of carbonyl (C=O) groups is 1. The van der Waals surface area contributed by atoms with E-state index in [9.17, 15) is 14.7 Å². The summed E-state index contributed by atoms with van der Waals surface area (Å²) in [5, 5.41) is 9.47. The van der Waals surface area contributed by atoms with Gasteiger partial charge in [0.15, 0.2) is 0 Å². The van der Waals surface area contributed by atoms with Crippen LogP contribution in [-0.4, -0.2) is 60.0 Å². The van der Waals surface area contributed by atoms with Crippen molar-refractivity contribution >= 4 is 5.91 Å². The quantitative estimate of drug-likeness (QED) is 0.851. The van der Waals surface area contributed by atoms with Gasteiger partial charge in [-0.1, -0.05) is 0 Å². The van der Waals surface area contributed by atoms with E-state index in [0.29, 0.717) is 45.2 Å². The molecule has 1 N–H and O–H groups in total. The van der Waals surface area contributed by atoms with Crippen LogP contribution in [0.25, 0.3) is 0 Å². The molecule has 132 valence electrons. The zero-order valence-electron chi connectivity index (χ0n) is 14.0. The molecule has 24 heavy (non-hydrogen) atoms. The van der Waals surface area contributed by atoms with Gasteiger partial charge in [0.05, 0.1) is 13.2 Å². The second-order valence-corrected chi connectivity index (χ2v) is 6.76. The SMILES string of the molecule is Cc1cc(O)cc(=O)n1CC(=O)N1CCOCC2(CCOCC2)C1. The van der Waals surface area contributed by atoms with E-state index in [1.165, 1.54) is 10.6 Å². The van der Waals surface area contributed by atoms with Crippen molar-refractivity contribution in [2.24, 2.45) is 5.41 Å². The molecule has 7 heteroatoms. The number of aromatic nitrogens is 1. The maximum absolute atomic E-state index is 12.8. The van der Waals surface area contributed by atoms with Gasteiger partial charge in [0.25, 0.3) is 5.56 Å². The monoisotopic (exact) mass is 336 g/mol. The Hall–Kier alpha value is -1.86. The topological polar surface area (TPSA) is 81.0 Å². The van der Waals surface area contributed by atoms with E-state index in [-0.39, 0.29) is 29.2 Å². The molecule has 3 heterocycles. The summed E-state index contributed by atoms with van der Waals surface area (Å²) in [5.41, 5.74) is 0.159. The summed E-state index contributed by atoms with van der Waals surface area (Å²) in [7, 11) is 0. The standard InChI is InChI=1S/C17H24N2O5/c1-13-8-14(20)9-15(21)19(13)10-16(22)18-4-7-24-12-17(11-18)2-5-23-6-3-17/h8-9,20H,2-7,10-12H2,1H3. The lowest BCUT2D eigenvalue weighted by Gasteiger charge is -2.38. The summed E-state index contributed by atoms with van der Waals surface area (Å²) in [4.78, 5) is 26.6. The number of hydrogen-bond acceptors (Lipinski definition) is 5. The molecule has 0 unspecified atom stereocenters. The second kappa shape index (κ2) is 6.94. The van der Waals surface area contributed by atoms with Crippen molar-refractivity contribution in [2.75, 3.05) is 39.5 Å². The van der Waals surface area contributed by atoms with Gasteiger partial charge in [-0.15, -0.1) is 0 Å². The first kappa shape index (κ1) is 17.0. The highest BCUT2D eigenvalue weighted by molar-refractivity contribution is 5.76. The number of nitrogens with zero attached hydrogens (tertiary/aromatic N) is 2. The fraction of sp³-hybridized carbons (Fsp3) is 0.647. The van der Waals surface area contributed by atoms with E-state index in [4.69, 9.17) is 9.47 Å². The van der Waals surface area contributed by atoms with E-state index in [2.05, 4.69) is 0 Å². The minimum atomic E-state index is -0.368. The summed E-state index contributed by atoms with van der Waals surface area (Å²) in [6, 6.07) is 2.62. The Labute approximate surface area is 140 Å². The molecule has 3 rings (SSSR count). The molecule has 2 aliphatic rings. The normalized spacial score (nSPS) is 20.8. The number of amides is 1. The second-order valence-electron chi connectivity index (χ2n) is 6.76. The predicted molar refractivity (Wildman–Crippen MR) is 87.0 cm³/mol. The molecule has 0 aliphatic carbocycles. The van der Waals surface area contributed by atoms with Crippen molar-refractivity contribution < 1.29 is 19.4 Å². The molecule has 0 radical (unpaired) electrons. The van der Waals surface area contributed by atoms with Crippen LogP contribution in [0.1, 0.15) is 18.5 Å². The third-order valence-electron chi connectivity index (χ3n) is 4.96. The van der Waals surface area contributed by atoms with E-state index < -0.39 is 0 Å². The highest BCUT2D eigenvalue weighted by Crippen LogP contribution is 2.33. The fourth-order valence-electron chi connectivity index (χ4n) is 3.46. The highest BCUT2D eigenvalue weighted by Gasteiger charge is 2.37. The van der Waals surface area contributed by atoms with Crippen LogP contribution in [0.15, 0.2) is 16.9 Å². The zero-order chi connectivity index (χ0) is 17.2. The smallest absolute Gasteiger partial charge is 0.254 e. The van der Waals surface area contributed by atoms with E-state index in [1.807, 2.05) is 0 Å². The first-order chi connectivity index (χ1) is 11.5. The molecule has 1 aromatic heterocycles. The van der Waals surface area contributed by atoms with Crippen LogP contribution >= 0.6 is 0 Å². The van der Waals surface area contributed by atoms with Crippen molar-refractivity contribution in [3.63, 3.8) is 0 Å². The predicted octanol–water partition coefficient (Wildman–Crippen LogP) is 0.518. The lowest BCUT2D eigenvalue weighted by atomic mass is 9.80. The highest BCUT2D eigenvalue weighted by atomic mass is 16.5. The van der Waals surface area contributed by atoms with Crippen LogP contribution in [0.4, 0.5) is 0 Å². The first-order valence-electron chi connectivity index (χ1n) is 8.33. The number of ether oxygens (including phenoxy) is 2. The van der Waals surface area contributed by atoms with Crippen LogP contribution in [0, 0.1) is 12.3 Å². The van der Waals surface area contributed by atoms with Gasteiger partial charge in [0.1, 0.15) is 12.3 Å². The Balaban J connectivity index is 1.75. The van der Waals surface area contributed by atoms with Crippen molar-refractivity contribution in [2.45, 2.75) is 26.3 Å². The number of carbonyl (C=O) groups excluding carboxylic acids is 1. The van der Waals surface area contributed by atoms with E-state index >= 15 is 0 Å². The number of aryl methyl sites for hydroxylation is 1. The molecule has 7 nitrogen and oxygen atoms in total. The molecule has 0 saturated carbocycles. The summed E-state index contributed by atoms with van der Waals surface area (Å²) in [5.74, 6) is -0.173. The minimum Gasteiger partial charge on any atom is -0.508 e. The molecular formula is C17H24N2O5. The lowest BCUT2D eigenvalue weighted by Crippen LogP contribution is -2.46. The summed E-state index contributed by atoms with van der Waals surface area (Å²) >= 11 is 0. The third-order valence-corrected chi connectivity index (χ3v) is 4.96. The summed E-state index contributed by atoms with van der Waals surface area (Å²) < 4.78 is 12.6. The third kappa shape index (κ3) is 3.62. The van der Waals surface area contributed by atoms with Crippen LogP contribution in [0.5, 0.6) is 5.75 Å². The van der Waals surface area contributed by atoms with Gasteiger partial charge >= 0.3 is 0 Å². The van der Waals surface area contributed by atoms with Crippen molar-refractivity contribution in [1.82, 2.24) is 9.47 Å². The lowest BCUT2D eigenvalue weighted by molar-refractivity contribution is -0.134. The van der Waals surface area contributed by atoms with Gasteiger partial charge in [0.2, 0.25) is 5.91 Å². The average molecular weight is 336 g/mol. The van der Waals surface area contributed by atoms with Crippen molar-refractivity contribution in [3.05, 3.63) is 28.2 Å². The van der Waals surface area contributed by atoms with Crippen molar-refractivity contribution in [1.29, 1.82) is 0 Å². The molecule has 0 bridgehead atoms. The van der Waals surface area contributed by atoms with Gasteiger partial charge in [-0.05, 0) is 25.8 Å². The fourth-order valence-corrected chi connectivity index (χ4v) is 3.46. The van der Waals surface area contributed by atoms with E-state index in [0.717, 1.165) is 18.9 Å². The van der Waals surface area contributed by atoms with Gasteiger partial charge in [-0.3, -0.25) is 9.59 Å². The Morgan fingerprint density at radius 2 is 2.00 bits per heavy atom. The maximum Gasteiger partial charge on any atom is 0.254 e. The number of aromatic hydroxyl groups is 1. The van der Waals surface area contributed by atoms with Gasteiger partial charge < -0.3 is 24.0 Å². The van der Waals surface area contributed by atoms with Gasteiger partial charge in [-0.2, -0.15) is 0 Å².